The number of carbonyl (C=O) groups excluding carboxylic acids is 1. The van der Waals surface area contributed by atoms with Gasteiger partial charge in [-0.3, -0.25) is 15.2 Å². The third-order valence-electron chi connectivity index (χ3n) is 5.28. The number of halogens is 2. The maximum Gasteiger partial charge on any atom is 0.321 e. The van der Waals surface area contributed by atoms with Gasteiger partial charge in [0, 0.05) is 28.2 Å². The van der Waals surface area contributed by atoms with Gasteiger partial charge in [0.15, 0.2) is 11.5 Å². The van der Waals surface area contributed by atoms with Crippen LogP contribution in [0, 0.1) is 0 Å². The predicted molar refractivity (Wildman–Crippen MR) is 135 cm³/mol. The van der Waals surface area contributed by atoms with E-state index in [4.69, 9.17) is 23.2 Å². The van der Waals surface area contributed by atoms with Gasteiger partial charge >= 0.3 is 6.03 Å². The minimum absolute atomic E-state index is 0.0122. The van der Waals surface area contributed by atoms with Crippen LogP contribution < -0.4 is 16.2 Å². The fourth-order valence-corrected chi connectivity index (χ4v) is 3.93. The molecule has 4 aromatic rings. The second kappa shape index (κ2) is 9.48. The van der Waals surface area contributed by atoms with Gasteiger partial charge in [-0.05, 0) is 35.1 Å². The van der Waals surface area contributed by atoms with E-state index in [1.54, 1.807) is 12.1 Å². The first-order chi connectivity index (χ1) is 16.1. The number of anilines is 1. The van der Waals surface area contributed by atoms with Crippen LogP contribution in [0.2, 0.25) is 10.0 Å². The summed E-state index contributed by atoms with van der Waals surface area (Å²) in [5, 5.41) is 9.15. The van der Waals surface area contributed by atoms with Gasteiger partial charge in [-0.25, -0.2) is 14.3 Å². The molecule has 4 rings (SSSR count). The summed E-state index contributed by atoms with van der Waals surface area (Å²) in [5.74, 6) is 0.534. The molecule has 0 bridgehead atoms. The SMILES string of the molecule is CC(C)(C)c1ccc(-c2nc(NC(=O)NCCc3ccc(Cl)cc3Cl)n3[nH]c(=O)cc3n2)cc1. The van der Waals surface area contributed by atoms with Crippen molar-refractivity contribution in [2.24, 2.45) is 0 Å². The van der Waals surface area contributed by atoms with E-state index in [1.807, 2.05) is 30.3 Å². The monoisotopic (exact) mass is 498 g/mol. The van der Waals surface area contributed by atoms with Crippen molar-refractivity contribution in [3.63, 3.8) is 0 Å². The molecule has 0 fully saturated rings. The zero-order valence-corrected chi connectivity index (χ0v) is 20.5. The normalized spacial score (nSPS) is 11.6. The van der Waals surface area contributed by atoms with Crippen molar-refractivity contribution in [3.05, 3.63) is 80.1 Å². The first-order valence-electron chi connectivity index (χ1n) is 10.7. The Bertz CT molecular complexity index is 1400. The summed E-state index contributed by atoms with van der Waals surface area (Å²) in [6.07, 6.45) is 0.522. The predicted octanol–water partition coefficient (Wildman–Crippen LogP) is 5.05. The number of H-pyrrole nitrogens is 1. The smallest absolute Gasteiger partial charge is 0.321 e. The lowest BCUT2D eigenvalue weighted by molar-refractivity contribution is 0.252. The molecule has 0 aliphatic carbocycles. The molecule has 0 saturated heterocycles. The van der Waals surface area contributed by atoms with E-state index >= 15 is 0 Å². The summed E-state index contributed by atoms with van der Waals surface area (Å²) in [5.41, 5.74) is 2.82. The Morgan fingerprint density at radius 3 is 2.47 bits per heavy atom. The molecular formula is C24H24Cl2N6O2. The number of hydrogen-bond donors (Lipinski definition) is 3. The lowest BCUT2D eigenvalue weighted by atomic mass is 9.87. The third-order valence-corrected chi connectivity index (χ3v) is 5.87. The molecule has 2 heterocycles. The largest absolute Gasteiger partial charge is 0.337 e. The highest BCUT2D eigenvalue weighted by Gasteiger charge is 2.16. The standard InChI is InChI=1S/C24H24Cl2N6O2/c1-24(2,3)16-7-4-15(5-8-16)21-28-19-13-20(33)31-32(19)22(29-21)30-23(34)27-11-10-14-6-9-17(25)12-18(14)26/h4-9,12-13H,10-11H2,1-3H3,(H,31,33)(H2,27,28,29,30,34). The Labute approximate surface area is 206 Å². The first-order valence-corrected chi connectivity index (χ1v) is 11.5. The van der Waals surface area contributed by atoms with Gasteiger partial charge in [-0.1, -0.05) is 74.3 Å². The zero-order chi connectivity index (χ0) is 24.5. The highest BCUT2D eigenvalue weighted by molar-refractivity contribution is 6.35. The number of rotatable bonds is 5. The lowest BCUT2D eigenvalue weighted by Crippen LogP contribution is -2.32. The molecule has 2 amide bonds. The molecule has 176 valence electrons. The molecule has 0 aliphatic rings. The minimum atomic E-state index is -0.478. The first kappa shape index (κ1) is 23.8. The summed E-state index contributed by atoms with van der Waals surface area (Å²) in [6, 6.07) is 14.0. The Morgan fingerprint density at radius 1 is 1.06 bits per heavy atom. The van der Waals surface area contributed by atoms with Crippen molar-refractivity contribution in [1.82, 2.24) is 24.9 Å². The average Bonchev–Trinajstić information content (AvgIpc) is 3.15. The number of urea groups is 1. The van der Waals surface area contributed by atoms with E-state index in [0.717, 1.165) is 11.1 Å². The number of nitrogens with one attached hydrogen (secondary N) is 3. The summed E-state index contributed by atoms with van der Waals surface area (Å²) in [6.45, 7) is 6.75. The van der Waals surface area contributed by atoms with Crippen molar-refractivity contribution >= 4 is 40.8 Å². The molecule has 10 heteroatoms. The minimum Gasteiger partial charge on any atom is -0.337 e. The van der Waals surface area contributed by atoms with Crippen LogP contribution in [0.1, 0.15) is 31.9 Å². The van der Waals surface area contributed by atoms with Crippen LogP contribution in [-0.2, 0) is 11.8 Å². The lowest BCUT2D eigenvalue weighted by Gasteiger charge is -2.19. The molecule has 0 spiro atoms. The van der Waals surface area contributed by atoms with E-state index < -0.39 is 6.03 Å². The van der Waals surface area contributed by atoms with Crippen molar-refractivity contribution in [2.45, 2.75) is 32.6 Å². The fraction of sp³-hybridized carbons (Fsp3) is 0.250. The number of carbonyl (C=O) groups is 1. The van der Waals surface area contributed by atoms with Gasteiger partial charge in [0.1, 0.15) is 0 Å². The van der Waals surface area contributed by atoms with Crippen LogP contribution in [0.5, 0.6) is 0 Å². The molecule has 0 radical (unpaired) electrons. The highest BCUT2D eigenvalue weighted by Crippen LogP contribution is 2.25. The van der Waals surface area contributed by atoms with Crippen molar-refractivity contribution in [2.75, 3.05) is 11.9 Å². The van der Waals surface area contributed by atoms with E-state index in [0.29, 0.717) is 34.5 Å². The van der Waals surface area contributed by atoms with Crippen molar-refractivity contribution in [1.29, 1.82) is 0 Å². The summed E-state index contributed by atoms with van der Waals surface area (Å²) in [7, 11) is 0. The van der Waals surface area contributed by atoms with Gasteiger partial charge < -0.3 is 5.32 Å². The van der Waals surface area contributed by atoms with Crippen molar-refractivity contribution < 1.29 is 4.79 Å². The fourth-order valence-electron chi connectivity index (χ4n) is 3.42. The van der Waals surface area contributed by atoms with Gasteiger partial charge in [0.25, 0.3) is 5.56 Å². The molecule has 8 nitrogen and oxygen atoms in total. The van der Waals surface area contributed by atoms with Gasteiger partial charge in [-0.2, -0.15) is 4.98 Å². The van der Waals surface area contributed by atoms with Crippen LogP contribution in [0.3, 0.4) is 0 Å². The number of aromatic nitrogens is 4. The number of fused-ring (bicyclic) bond motifs is 1. The molecular weight excluding hydrogens is 475 g/mol. The maximum absolute atomic E-state index is 12.6. The quantitative estimate of drug-likeness (QED) is 0.357. The van der Waals surface area contributed by atoms with E-state index in [9.17, 15) is 9.59 Å². The summed E-state index contributed by atoms with van der Waals surface area (Å²) < 4.78 is 1.34. The molecule has 0 aliphatic heterocycles. The number of benzene rings is 2. The van der Waals surface area contributed by atoms with Crippen LogP contribution >= 0.6 is 23.2 Å². The molecule has 2 aromatic carbocycles. The van der Waals surface area contributed by atoms with Gasteiger partial charge in [0.05, 0.1) is 0 Å². The molecule has 2 aromatic heterocycles. The second-order valence-electron chi connectivity index (χ2n) is 8.88. The van der Waals surface area contributed by atoms with Gasteiger partial charge in [0.2, 0.25) is 5.95 Å². The van der Waals surface area contributed by atoms with E-state index in [1.165, 1.54) is 16.1 Å². The molecule has 0 unspecified atom stereocenters. The summed E-state index contributed by atoms with van der Waals surface area (Å²) in [4.78, 5) is 33.4. The van der Waals surface area contributed by atoms with Crippen LogP contribution in [-0.4, -0.2) is 32.2 Å². The number of aromatic amines is 1. The number of hydrogen-bond acceptors (Lipinski definition) is 4. The van der Waals surface area contributed by atoms with Crippen LogP contribution in [0.25, 0.3) is 17.0 Å². The Balaban J connectivity index is 1.53. The maximum atomic E-state index is 12.6. The van der Waals surface area contributed by atoms with E-state index in [2.05, 4.69) is 46.5 Å². The molecule has 3 N–H and O–H groups in total. The molecule has 34 heavy (non-hydrogen) atoms. The number of nitrogens with zero attached hydrogens (tertiary/aromatic N) is 3. The van der Waals surface area contributed by atoms with Crippen LogP contribution in [0.4, 0.5) is 10.7 Å². The Hall–Kier alpha value is -3.36. The zero-order valence-electron chi connectivity index (χ0n) is 18.9. The van der Waals surface area contributed by atoms with Gasteiger partial charge in [-0.15, -0.1) is 0 Å². The third kappa shape index (κ3) is 5.40. The van der Waals surface area contributed by atoms with Crippen LogP contribution in [0.15, 0.2) is 53.3 Å². The van der Waals surface area contributed by atoms with Crippen molar-refractivity contribution in [3.8, 4) is 11.4 Å². The van der Waals surface area contributed by atoms with E-state index in [-0.39, 0.29) is 16.9 Å². The molecule has 0 atom stereocenters. The Morgan fingerprint density at radius 2 is 1.79 bits per heavy atom. The highest BCUT2D eigenvalue weighted by atomic mass is 35.5. The molecule has 0 saturated carbocycles. The summed E-state index contributed by atoms with van der Waals surface area (Å²) >= 11 is 12.1. The topological polar surface area (TPSA) is 104 Å². The second-order valence-corrected chi connectivity index (χ2v) is 9.72. The Kier molecular flexibility index (Phi) is 6.63. The number of amides is 2. The average molecular weight is 499 g/mol.